The molecule has 0 aliphatic heterocycles. The lowest BCUT2D eigenvalue weighted by molar-refractivity contribution is -0.123. The van der Waals surface area contributed by atoms with E-state index in [1.54, 1.807) is 11.9 Å². The molecule has 4 fully saturated rings. The number of fused-ring (bicyclic) bond motifs is 5. The first kappa shape index (κ1) is 25.0. The van der Waals surface area contributed by atoms with Gasteiger partial charge in [0.15, 0.2) is 0 Å². The maximum atomic E-state index is 12.4. The highest BCUT2D eigenvalue weighted by Gasteiger charge is 2.60. The SMILES string of the molecule is CNCCCN(C)C(=O)O/N=C(\C)[C@H]1CC[C@H]2[C@@H]3CC[C@@H]4C[C@@H](O)CC[C@]4(C)[C@H]3CC[C@]12C. The van der Waals surface area contributed by atoms with E-state index in [1.165, 1.54) is 38.5 Å². The fourth-order valence-corrected chi connectivity index (χ4v) is 8.75. The van der Waals surface area contributed by atoms with Crippen LogP contribution in [0.5, 0.6) is 0 Å². The first-order chi connectivity index (χ1) is 15.7. The maximum Gasteiger partial charge on any atom is 0.435 e. The quantitative estimate of drug-likeness (QED) is 0.251. The minimum atomic E-state index is -0.361. The Morgan fingerprint density at radius 1 is 1.09 bits per heavy atom. The number of aliphatic hydroxyl groups excluding tert-OH is 1. The predicted molar refractivity (Wildman–Crippen MR) is 132 cm³/mol. The van der Waals surface area contributed by atoms with E-state index in [9.17, 15) is 9.90 Å². The Labute approximate surface area is 200 Å². The first-order valence-corrected chi connectivity index (χ1v) is 13.5. The van der Waals surface area contributed by atoms with Crippen LogP contribution in [0.25, 0.3) is 0 Å². The van der Waals surface area contributed by atoms with E-state index < -0.39 is 0 Å². The van der Waals surface area contributed by atoms with E-state index in [1.807, 2.05) is 7.05 Å². The van der Waals surface area contributed by atoms with Crippen molar-refractivity contribution < 1.29 is 14.7 Å². The van der Waals surface area contributed by atoms with Crippen LogP contribution in [0.2, 0.25) is 0 Å². The highest BCUT2D eigenvalue weighted by molar-refractivity contribution is 5.85. The first-order valence-electron chi connectivity index (χ1n) is 13.5. The third-order valence-electron chi connectivity index (χ3n) is 10.6. The number of hydrogen-bond acceptors (Lipinski definition) is 5. The molecule has 4 saturated carbocycles. The van der Waals surface area contributed by atoms with Crippen molar-refractivity contribution in [3.8, 4) is 0 Å². The smallest absolute Gasteiger partial charge is 0.393 e. The Balaban J connectivity index is 1.41. The van der Waals surface area contributed by atoms with Crippen LogP contribution < -0.4 is 5.32 Å². The molecule has 6 heteroatoms. The minimum absolute atomic E-state index is 0.0757. The molecule has 4 rings (SSSR count). The molecule has 0 bridgehead atoms. The van der Waals surface area contributed by atoms with Crippen molar-refractivity contribution in [1.82, 2.24) is 10.2 Å². The van der Waals surface area contributed by atoms with Gasteiger partial charge in [-0.1, -0.05) is 19.0 Å². The van der Waals surface area contributed by atoms with E-state index in [-0.39, 0.29) is 17.6 Å². The third-order valence-corrected chi connectivity index (χ3v) is 10.6. The molecule has 0 saturated heterocycles. The molecular weight excluding hydrogens is 414 g/mol. The van der Waals surface area contributed by atoms with Gasteiger partial charge in [-0.25, -0.2) is 4.79 Å². The van der Waals surface area contributed by atoms with Gasteiger partial charge in [0.1, 0.15) is 0 Å². The molecule has 1 amide bonds. The standard InChI is InChI=1S/C27H47N3O3/c1-18(29-33-25(32)30(5)16-6-15-28-4)22-9-10-23-21-8-7-19-17-20(31)11-13-26(19,2)24(21)12-14-27(22,23)3/h19-24,28,31H,6-17H2,1-5H3/b29-18+/t19-,20+,21+,22-,23+,24+,26+,27-/m1/s1. The molecule has 4 aliphatic rings. The van der Waals surface area contributed by atoms with Gasteiger partial charge in [0, 0.05) is 19.5 Å². The van der Waals surface area contributed by atoms with Crippen molar-refractivity contribution in [2.45, 2.75) is 91.1 Å². The van der Waals surface area contributed by atoms with Crippen LogP contribution in [-0.2, 0) is 4.84 Å². The second-order valence-corrected chi connectivity index (χ2v) is 12.2. The van der Waals surface area contributed by atoms with Crippen molar-refractivity contribution in [2.75, 3.05) is 27.2 Å². The van der Waals surface area contributed by atoms with Crippen molar-refractivity contribution in [1.29, 1.82) is 0 Å². The number of nitrogens with one attached hydrogen (secondary N) is 1. The molecule has 188 valence electrons. The minimum Gasteiger partial charge on any atom is -0.393 e. The summed E-state index contributed by atoms with van der Waals surface area (Å²) in [6, 6.07) is 0. The van der Waals surface area contributed by atoms with Gasteiger partial charge in [-0.05, 0) is 119 Å². The predicted octanol–water partition coefficient (Wildman–Crippen LogP) is 5.06. The van der Waals surface area contributed by atoms with Crippen molar-refractivity contribution in [2.24, 2.45) is 45.6 Å². The number of amides is 1. The molecule has 0 aromatic carbocycles. The number of carbonyl (C=O) groups is 1. The van der Waals surface area contributed by atoms with Crippen LogP contribution in [0, 0.1) is 40.4 Å². The Morgan fingerprint density at radius 2 is 1.82 bits per heavy atom. The molecule has 0 radical (unpaired) electrons. The molecule has 4 aliphatic carbocycles. The Kier molecular flexibility index (Phi) is 7.45. The molecule has 33 heavy (non-hydrogen) atoms. The van der Waals surface area contributed by atoms with Gasteiger partial charge < -0.3 is 15.3 Å². The normalized spacial score (nSPS) is 42.8. The van der Waals surface area contributed by atoms with Gasteiger partial charge in [0.25, 0.3) is 0 Å². The van der Waals surface area contributed by atoms with Crippen LogP contribution >= 0.6 is 0 Å². The van der Waals surface area contributed by atoms with Gasteiger partial charge in [-0.3, -0.25) is 4.84 Å². The molecule has 8 atom stereocenters. The van der Waals surface area contributed by atoms with Gasteiger partial charge in [0.05, 0.1) is 11.8 Å². The zero-order valence-electron chi connectivity index (χ0n) is 21.6. The van der Waals surface area contributed by atoms with E-state index in [0.717, 1.165) is 55.7 Å². The summed E-state index contributed by atoms with van der Waals surface area (Å²) < 4.78 is 0. The molecule has 0 aromatic heterocycles. The Morgan fingerprint density at radius 3 is 2.58 bits per heavy atom. The zero-order valence-corrected chi connectivity index (χ0v) is 21.6. The summed E-state index contributed by atoms with van der Waals surface area (Å²) >= 11 is 0. The number of carbonyl (C=O) groups excluding carboxylic acids is 1. The second kappa shape index (κ2) is 9.85. The average Bonchev–Trinajstić information content (AvgIpc) is 3.15. The molecule has 0 unspecified atom stereocenters. The van der Waals surface area contributed by atoms with Gasteiger partial charge in [-0.15, -0.1) is 0 Å². The van der Waals surface area contributed by atoms with Crippen molar-refractivity contribution in [3.63, 3.8) is 0 Å². The summed E-state index contributed by atoms with van der Waals surface area (Å²) in [5.41, 5.74) is 1.67. The molecule has 0 heterocycles. The van der Waals surface area contributed by atoms with Crippen molar-refractivity contribution in [3.05, 3.63) is 0 Å². The number of aliphatic hydroxyl groups is 1. The highest BCUT2D eigenvalue weighted by Crippen LogP contribution is 2.67. The summed E-state index contributed by atoms with van der Waals surface area (Å²) in [6.45, 7) is 8.66. The topological polar surface area (TPSA) is 74.2 Å². The lowest BCUT2D eigenvalue weighted by Gasteiger charge is -2.61. The fraction of sp³-hybridized carbons (Fsp3) is 0.926. The summed E-state index contributed by atoms with van der Waals surface area (Å²) in [5, 5.41) is 17.7. The van der Waals surface area contributed by atoms with Crippen molar-refractivity contribution >= 4 is 11.8 Å². The van der Waals surface area contributed by atoms with Crippen LogP contribution in [0.3, 0.4) is 0 Å². The number of hydrogen-bond donors (Lipinski definition) is 2. The molecular formula is C27H47N3O3. The number of nitrogens with zero attached hydrogens (tertiary/aromatic N) is 2. The zero-order chi connectivity index (χ0) is 23.8. The number of oxime groups is 1. The fourth-order valence-electron chi connectivity index (χ4n) is 8.75. The van der Waals surface area contributed by atoms with Gasteiger partial charge in [0.2, 0.25) is 0 Å². The average molecular weight is 462 g/mol. The number of rotatable bonds is 6. The Bertz CT molecular complexity index is 742. The van der Waals surface area contributed by atoms with Gasteiger partial charge >= 0.3 is 6.09 Å². The molecule has 0 spiro atoms. The highest BCUT2D eigenvalue weighted by atomic mass is 16.7. The lowest BCUT2D eigenvalue weighted by atomic mass is 9.44. The van der Waals surface area contributed by atoms with E-state index >= 15 is 0 Å². The maximum absolute atomic E-state index is 12.4. The lowest BCUT2D eigenvalue weighted by Crippen LogP contribution is -2.54. The summed E-state index contributed by atoms with van der Waals surface area (Å²) in [4.78, 5) is 19.3. The largest absolute Gasteiger partial charge is 0.435 e. The van der Waals surface area contributed by atoms with E-state index in [2.05, 4.69) is 31.2 Å². The van der Waals surface area contributed by atoms with Crippen LogP contribution in [0.15, 0.2) is 5.16 Å². The second-order valence-electron chi connectivity index (χ2n) is 12.2. The third kappa shape index (κ3) is 4.59. The molecule has 2 N–H and O–H groups in total. The summed E-state index contributed by atoms with van der Waals surface area (Å²) in [7, 11) is 3.69. The van der Waals surface area contributed by atoms with Crippen LogP contribution in [0.4, 0.5) is 4.79 Å². The van der Waals surface area contributed by atoms with Crippen LogP contribution in [-0.4, -0.2) is 55.1 Å². The van der Waals surface area contributed by atoms with Gasteiger partial charge in [-0.2, -0.15) is 0 Å². The van der Waals surface area contributed by atoms with E-state index in [4.69, 9.17) is 4.84 Å². The monoisotopic (exact) mass is 461 g/mol. The molecule has 0 aromatic rings. The summed E-state index contributed by atoms with van der Waals surface area (Å²) in [5.74, 6) is 3.47. The van der Waals surface area contributed by atoms with Crippen LogP contribution in [0.1, 0.15) is 85.0 Å². The van der Waals surface area contributed by atoms with E-state index in [0.29, 0.717) is 23.8 Å². The molecule has 6 nitrogen and oxygen atoms in total. The summed E-state index contributed by atoms with van der Waals surface area (Å²) in [6.07, 6.45) is 11.3. The Hall–Kier alpha value is -1.14.